The summed E-state index contributed by atoms with van der Waals surface area (Å²) in [6, 6.07) is -1.54. The Hall–Kier alpha value is -1.79. The number of carboxylic acids is 1. The zero-order chi connectivity index (χ0) is 15.3. The molecule has 114 valence electrons. The van der Waals surface area contributed by atoms with Gasteiger partial charge in [0.1, 0.15) is 6.04 Å². The smallest absolute Gasteiger partial charge is 0.315 e. The van der Waals surface area contributed by atoms with Crippen molar-refractivity contribution in [3.05, 3.63) is 0 Å². The average Bonchev–Trinajstić information content (AvgIpc) is 3.09. The molecule has 7 heteroatoms. The lowest BCUT2D eigenvalue weighted by molar-refractivity contribution is -0.137. The lowest BCUT2D eigenvalue weighted by Gasteiger charge is -2.20. The number of carboxylic acid groups (broad SMARTS) is 1. The Balaban J connectivity index is 2.40. The van der Waals surface area contributed by atoms with E-state index in [-0.39, 0.29) is 30.3 Å². The molecule has 0 aromatic carbocycles. The van der Waals surface area contributed by atoms with E-state index in [1.807, 2.05) is 13.8 Å². The molecule has 0 spiro atoms. The van der Waals surface area contributed by atoms with E-state index in [2.05, 4.69) is 16.0 Å². The van der Waals surface area contributed by atoms with Crippen LogP contribution in [-0.4, -0.2) is 41.1 Å². The van der Waals surface area contributed by atoms with Crippen molar-refractivity contribution < 1.29 is 19.5 Å². The first-order valence-corrected chi connectivity index (χ1v) is 6.88. The van der Waals surface area contributed by atoms with Gasteiger partial charge in [0.2, 0.25) is 5.91 Å². The second kappa shape index (κ2) is 7.12. The summed E-state index contributed by atoms with van der Waals surface area (Å²) in [4.78, 5) is 34.2. The molecule has 7 nitrogen and oxygen atoms in total. The van der Waals surface area contributed by atoms with Crippen LogP contribution in [0.1, 0.15) is 40.0 Å². The van der Waals surface area contributed by atoms with Gasteiger partial charge < -0.3 is 21.1 Å². The van der Waals surface area contributed by atoms with Crippen LogP contribution in [-0.2, 0) is 9.59 Å². The van der Waals surface area contributed by atoms with Crippen LogP contribution in [0.3, 0.4) is 0 Å². The zero-order valence-corrected chi connectivity index (χ0v) is 12.1. The first-order valence-electron chi connectivity index (χ1n) is 6.88. The van der Waals surface area contributed by atoms with Crippen molar-refractivity contribution in [3.8, 4) is 0 Å². The third-order valence-electron chi connectivity index (χ3n) is 3.07. The van der Waals surface area contributed by atoms with Crippen LogP contribution < -0.4 is 16.0 Å². The van der Waals surface area contributed by atoms with Gasteiger partial charge in [-0.1, -0.05) is 0 Å². The van der Waals surface area contributed by atoms with Crippen LogP contribution in [0.5, 0.6) is 0 Å². The van der Waals surface area contributed by atoms with Crippen molar-refractivity contribution in [3.63, 3.8) is 0 Å². The Morgan fingerprint density at radius 1 is 1.10 bits per heavy atom. The van der Waals surface area contributed by atoms with E-state index in [0.717, 1.165) is 12.8 Å². The molecule has 0 aromatic rings. The number of nitrogens with one attached hydrogen (secondary N) is 3. The normalized spacial score (nSPS) is 17.2. The highest BCUT2D eigenvalue weighted by atomic mass is 16.4. The van der Waals surface area contributed by atoms with Crippen LogP contribution in [0.2, 0.25) is 0 Å². The minimum atomic E-state index is -0.937. The van der Waals surface area contributed by atoms with Gasteiger partial charge in [0.05, 0.1) is 6.42 Å². The molecule has 1 aliphatic rings. The van der Waals surface area contributed by atoms with Crippen molar-refractivity contribution in [2.24, 2.45) is 5.92 Å². The predicted octanol–water partition coefficient (Wildman–Crippen LogP) is 0.452. The largest absolute Gasteiger partial charge is 0.481 e. The van der Waals surface area contributed by atoms with Gasteiger partial charge in [-0.25, -0.2) is 4.79 Å². The fraction of sp³-hybridized carbons (Fsp3) is 0.769. The standard InChI is InChI=1S/C13H23N3O4/c1-7(2)14-12(19)8(3)15-13(20)16-10(6-11(17)18)9-4-5-9/h7-10H,4-6H2,1-3H3,(H,14,19)(H,17,18)(H2,15,16,20). The van der Waals surface area contributed by atoms with Gasteiger partial charge in [-0.05, 0) is 39.5 Å². The Bertz CT molecular complexity index is 380. The van der Waals surface area contributed by atoms with Crippen LogP contribution in [0.15, 0.2) is 0 Å². The number of carbonyl (C=O) groups excluding carboxylic acids is 2. The monoisotopic (exact) mass is 285 g/mol. The van der Waals surface area contributed by atoms with Crippen molar-refractivity contribution in [1.82, 2.24) is 16.0 Å². The minimum Gasteiger partial charge on any atom is -0.481 e. The Morgan fingerprint density at radius 3 is 2.15 bits per heavy atom. The highest BCUT2D eigenvalue weighted by molar-refractivity contribution is 5.87. The molecule has 0 aliphatic heterocycles. The Labute approximate surface area is 118 Å². The van der Waals surface area contributed by atoms with E-state index in [1.165, 1.54) is 0 Å². The van der Waals surface area contributed by atoms with E-state index in [4.69, 9.17) is 5.11 Å². The van der Waals surface area contributed by atoms with Crippen molar-refractivity contribution in [2.75, 3.05) is 0 Å². The van der Waals surface area contributed by atoms with Gasteiger partial charge in [0.25, 0.3) is 0 Å². The molecule has 0 heterocycles. The summed E-state index contributed by atoms with van der Waals surface area (Å²) in [5.74, 6) is -0.971. The minimum absolute atomic E-state index is 0.000958. The lowest BCUT2D eigenvalue weighted by atomic mass is 10.1. The molecule has 0 saturated heterocycles. The van der Waals surface area contributed by atoms with Gasteiger partial charge in [-0.3, -0.25) is 9.59 Å². The average molecular weight is 285 g/mol. The van der Waals surface area contributed by atoms with Gasteiger partial charge in [-0.15, -0.1) is 0 Å². The second-order valence-electron chi connectivity index (χ2n) is 5.54. The number of urea groups is 1. The summed E-state index contributed by atoms with van der Waals surface area (Å²) in [7, 11) is 0. The molecule has 4 N–H and O–H groups in total. The summed E-state index contributed by atoms with van der Waals surface area (Å²) in [6.45, 7) is 5.25. The summed E-state index contributed by atoms with van der Waals surface area (Å²) in [6.07, 6.45) is 1.77. The number of hydrogen-bond acceptors (Lipinski definition) is 3. The number of carbonyl (C=O) groups is 3. The molecule has 2 unspecified atom stereocenters. The Morgan fingerprint density at radius 2 is 1.70 bits per heavy atom. The third kappa shape index (κ3) is 5.90. The van der Waals surface area contributed by atoms with E-state index >= 15 is 0 Å². The van der Waals surface area contributed by atoms with Crippen molar-refractivity contribution in [1.29, 1.82) is 0 Å². The van der Waals surface area contributed by atoms with E-state index in [9.17, 15) is 14.4 Å². The maximum absolute atomic E-state index is 11.8. The third-order valence-corrected chi connectivity index (χ3v) is 3.07. The number of aliphatic carboxylic acids is 1. The fourth-order valence-electron chi connectivity index (χ4n) is 1.90. The zero-order valence-electron chi connectivity index (χ0n) is 12.1. The molecule has 3 amide bonds. The van der Waals surface area contributed by atoms with E-state index in [0.29, 0.717) is 0 Å². The molecular weight excluding hydrogens is 262 g/mol. The Kier molecular flexibility index (Phi) is 5.79. The first kappa shape index (κ1) is 16.3. The highest BCUT2D eigenvalue weighted by Crippen LogP contribution is 2.33. The molecule has 1 rings (SSSR count). The van der Waals surface area contributed by atoms with Gasteiger partial charge in [-0.2, -0.15) is 0 Å². The molecular formula is C13H23N3O4. The molecule has 1 aliphatic carbocycles. The molecule has 20 heavy (non-hydrogen) atoms. The molecule has 0 radical (unpaired) electrons. The van der Waals surface area contributed by atoms with E-state index in [1.54, 1.807) is 6.92 Å². The van der Waals surface area contributed by atoms with Crippen LogP contribution in [0, 0.1) is 5.92 Å². The number of rotatable bonds is 7. The number of amides is 3. The SMILES string of the molecule is CC(C)NC(=O)C(C)NC(=O)NC(CC(=O)O)C1CC1. The maximum Gasteiger partial charge on any atom is 0.315 e. The first-order chi connectivity index (χ1) is 9.29. The van der Waals surface area contributed by atoms with Crippen molar-refractivity contribution in [2.45, 2.75) is 58.2 Å². The van der Waals surface area contributed by atoms with Gasteiger partial charge in [0.15, 0.2) is 0 Å². The number of hydrogen-bond donors (Lipinski definition) is 4. The molecule has 1 saturated carbocycles. The van der Waals surface area contributed by atoms with E-state index < -0.39 is 18.0 Å². The van der Waals surface area contributed by atoms with Crippen LogP contribution in [0.4, 0.5) is 4.79 Å². The molecule has 2 atom stereocenters. The van der Waals surface area contributed by atoms with Gasteiger partial charge >= 0.3 is 12.0 Å². The van der Waals surface area contributed by atoms with Crippen molar-refractivity contribution >= 4 is 17.9 Å². The maximum atomic E-state index is 11.8. The summed E-state index contributed by atoms with van der Waals surface area (Å²) < 4.78 is 0. The second-order valence-corrected chi connectivity index (χ2v) is 5.54. The lowest BCUT2D eigenvalue weighted by Crippen LogP contribution is -2.52. The predicted molar refractivity (Wildman–Crippen MR) is 73.2 cm³/mol. The fourth-order valence-corrected chi connectivity index (χ4v) is 1.90. The quantitative estimate of drug-likeness (QED) is 0.544. The van der Waals surface area contributed by atoms with Crippen LogP contribution >= 0.6 is 0 Å². The molecule has 0 bridgehead atoms. The highest BCUT2D eigenvalue weighted by Gasteiger charge is 2.34. The summed E-state index contributed by atoms with van der Waals surface area (Å²) in [5.41, 5.74) is 0. The molecule has 1 fully saturated rings. The summed E-state index contributed by atoms with van der Waals surface area (Å²) >= 11 is 0. The molecule has 0 aromatic heterocycles. The van der Waals surface area contributed by atoms with Gasteiger partial charge in [0, 0.05) is 12.1 Å². The van der Waals surface area contributed by atoms with Crippen LogP contribution in [0.25, 0.3) is 0 Å². The topological polar surface area (TPSA) is 108 Å². The summed E-state index contributed by atoms with van der Waals surface area (Å²) in [5, 5.41) is 16.7.